The molecule has 0 saturated heterocycles. The number of hydrogen-bond donors (Lipinski definition) is 1. The maximum Gasteiger partial charge on any atom is 0.307 e. The Bertz CT molecular complexity index is 363. The van der Waals surface area contributed by atoms with Crippen LogP contribution in [-0.4, -0.2) is 17.7 Å². The molecule has 1 aromatic rings. The first-order valence-electron chi connectivity index (χ1n) is 5.26. The third kappa shape index (κ3) is 3.88. The Balaban J connectivity index is 2.64. The van der Waals surface area contributed by atoms with Crippen molar-refractivity contribution in [3.05, 3.63) is 29.6 Å². The van der Waals surface area contributed by atoms with Gasteiger partial charge in [0, 0.05) is 0 Å². The molecule has 0 fully saturated rings. The van der Waals surface area contributed by atoms with Gasteiger partial charge in [0.15, 0.2) is 11.6 Å². The number of unbranched alkanes of at least 4 members (excludes halogenated alkanes) is 1. The highest BCUT2D eigenvalue weighted by molar-refractivity contribution is 5.70. The minimum absolute atomic E-state index is 0.174. The Morgan fingerprint density at radius 3 is 2.81 bits per heavy atom. The van der Waals surface area contributed by atoms with E-state index in [0.717, 1.165) is 12.8 Å². The lowest BCUT2D eigenvalue weighted by Gasteiger charge is -2.07. The molecule has 88 valence electrons. The topological polar surface area (TPSA) is 46.5 Å². The first-order chi connectivity index (χ1) is 7.63. The molecule has 16 heavy (non-hydrogen) atoms. The molecule has 0 bridgehead atoms. The first kappa shape index (κ1) is 12.5. The summed E-state index contributed by atoms with van der Waals surface area (Å²) in [5, 5.41) is 8.55. The van der Waals surface area contributed by atoms with Gasteiger partial charge in [-0.2, -0.15) is 0 Å². The van der Waals surface area contributed by atoms with E-state index in [4.69, 9.17) is 9.84 Å². The molecule has 0 spiro atoms. The maximum atomic E-state index is 13.4. The van der Waals surface area contributed by atoms with Gasteiger partial charge in [-0.25, -0.2) is 4.39 Å². The summed E-state index contributed by atoms with van der Waals surface area (Å²) in [6.45, 7) is 2.50. The highest BCUT2D eigenvalue weighted by Crippen LogP contribution is 2.19. The molecule has 0 heterocycles. The van der Waals surface area contributed by atoms with Gasteiger partial charge >= 0.3 is 5.97 Å². The third-order valence-electron chi connectivity index (χ3n) is 2.11. The number of halogens is 1. The average molecular weight is 226 g/mol. The summed E-state index contributed by atoms with van der Waals surface area (Å²) in [7, 11) is 0. The van der Waals surface area contributed by atoms with Crippen molar-refractivity contribution in [3.63, 3.8) is 0 Å². The lowest BCUT2D eigenvalue weighted by molar-refractivity contribution is -0.136. The van der Waals surface area contributed by atoms with E-state index in [1.807, 2.05) is 6.92 Å². The van der Waals surface area contributed by atoms with Gasteiger partial charge in [0.1, 0.15) is 0 Å². The zero-order valence-corrected chi connectivity index (χ0v) is 9.20. The Hall–Kier alpha value is -1.58. The van der Waals surface area contributed by atoms with Gasteiger partial charge in [0.25, 0.3) is 0 Å². The van der Waals surface area contributed by atoms with Crippen molar-refractivity contribution in [2.45, 2.75) is 26.2 Å². The predicted octanol–water partition coefficient (Wildman–Crippen LogP) is 2.63. The Morgan fingerprint density at radius 1 is 1.50 bits per heavy atom. The second-order valence-corrected chi connectivity index (χ2v) is 3.54. The molecule has 0 atom stereocenters. The second-order valence-electron chi connectivity index (χ2n) is 3.54. The minimum Gasteiger partial charge on any atom is -0.491 e. The smallest absolute Gasteiger partial charge is 0.307 e. The van der Waals surface area contributed by atoms with Gasteiger partial charge in [0.2, 0.25) is 0 Å². The molecule has 0 radical (unpaired) electrons. The normalized spacial score (nSPS) is 10.1. The monoisotopic (exact) mass is 226 g/mol. The van der Waals surface area contributed by atoms with E-state index >= 15 is 0 Å². The summed E-state index contributed by atoms with van der Waals surface area (Å²) < 4.78 is 18.6. The van der Waals surface area contributed by atoms with Crippen LogP contribution in [0.25, 0.3) is 0 Å². The van der Waals surface area contributed by atoms with Crippen LogP contribution in [-0.2, 0) is 11.2 Å². The van der Waals surface area contributed by atoms with Crippen LogP contribution in [0.3, 0.4) is 0 Å². The van der Waals surface area contributed by atoms with Crippen LogP contribution >= 0.6 is 0 Å². The number of aliphatic carboxylic acids is 1. The first-order valence-corrected chi connectivity index (χ1v) is 5.26. The van der Waals surface area contributed by atoms with Crippen molar-refractivity contribution in [1.82, 2.24) is 0 Å². The lowest BCUT2D eigenvalue weighted by Crippen LogP contribution is -2.02. The van der Waals surface area contributed by atoms with E-state index in [9.17, 15) is 9.18 Å². The highest BCUT2D eigenvalue weighted by atomic mass is 19.1. The number of carboxylic acids is 1. The van der Waals surface area contributed by atoms with Gasteiger partial charge in [0.05, 0.1) is 13.0 Å². The molecule has 1 rings (SSSR count). The zero-order chi connectivity index (χ0) is 12.0. The van der Waals surface area contributed by atoms with Crippen molar-refractivity contribution in [3.8, 4) is 5.75 Å². The van der Waals surface area contributed by atoms with Crippen LogP contribution in [0.15, 0.2) is 18.2 Å². The van der Waals surface area contributed by atoms with Crippen LogP contribution in [0.4, 0.5) is 4.39 Å². The average Bonchev–Trinajstić information content (AvgIpc) is 2.20. The van der Waals surface area contributed by atoms with E-state index < -0.39 is 11.8 Å². The van der Waals surface area contributed by atoms with E-state index in [1.54, 1.807) is 6.07 Å². The molecule has 1 aromatic carbocycles. The Morgan fingerprint density at radius 2 is 2.25 bits per heavy atom. The molecule has 3 nitrogen and oxygen atoms in total. The fourth-order valence-corrected chi connectivity index (χ4v) is 1.27. The fourth-order valence-electron chi connectivity index (χ4n) is 1.27. The third-order valence-corrected chi connectivity index (χ3v) is 2.11. The van der Waals surface area contributed by atoms with Crippen molar-refractivity contribution < 1.29 is 19.0 Å². The number of carbonyl (C=O) groups is 1. The predicted molar refractivity (Wildman–Crippen MR) is 58.1 cm³/mol. The summed E-state index contributed by atoms with van der Waals surface area (Å²) >= 11 is 0. The Kier molecular flexibility index (Phi) is 4.76. The molecule has 0 aromatic heterocycles. The van der Waals surface area contributed by atoms with E-state index in [0.29, 0.717) is 12.2 Å². The standard InChI is InChI=1S/C12H15FO3/c1-2-3-6-16-11-5-4-9(7-10(11)13)8-12(14)15/h4-5,7H,2-3,6,8H2,1H3,(H,14,15). The number of benzene rings is 1. The van der Waals surface area contributed by atoms with Crippen LogP contribution in [0.1, 0.15) is 25.3 Å². The zero-order valence-electron chi connectivity index (χ0n) is 9.20. The van der Waals surface area contributed by atoms with E-state index in [-0.39, 0.29) is 12.2 Å². The lowest BCUT2D eigenvalue weighted by atomic mass is 10.1. The van der Waals surface area contributed by atoms with Crippen LogP contribution < -0.4 is 4.74 Å². The number of rotatable bonds is 6. The molecular formula is C12H15FO3. The fraction of sp³-hybridized carbons (Fsp3) is 0.417. The molecular weight excluding hydrogens is 211 g/mol. The molecule has 4 heteroatoms. The minimum atomic E-state index is -0.973. The summed E-state index contributed by atoms with van der Waals surface area (Å²) in [6, 6.07) is 4.25. The molecule has 1 N–H and O–H groups in total. The maximum absolute atomic E-state index is 13.4. The van der Waals surface area contributed by atoms with E-state index in [1.165, 1.54) is 12.1 Å². The van der Waals surface area contributed by atoms with Crippen molar-refractivity contribution in [1.29, 1.82) is 0 Å². The highest BCUT2D eigenvalue weighted by Gasteiger charge is 2.06. The summed E-state index contributed by atoms with van der Waals surface area (Å²) in [4.78, 5) is 10.4. The molecule has 0 aliphatic heterocycles. The van der Waals surface area contributed by atoms with Gasteiger partial charge in [-0.15, -0.1) is 0 Å². The van der Waals surface area contributed by atoms with Crippen molar-refractivity contribution in [2.75, 3.05) is 6.61 Å². The summed E-state index contributed by atoms with van der Waals surface area (Å²) in [5.74, 6) is -1.29. The van der Waals surface area contributed by atoms with Gasteiger partial charge in [-0.1, -0.05) is 19.4 Å². The van der Waals surface area contributed by atoms with Crippen LogP contribution in [0, 0.1) is 5.82 Å². The molecule has 0 unspecified atom stereocenters. The van der Waals surface area contributed by atoms with Gasteiger partial charge in [-0.05, 0) is 24.1 Å². The Labute approximate surface area is 93.9 Å². The van der Waals surface area contributed by atoms with Gasteiger partial charge < -0.3 is 9.84 Å². The number of ether oxygens (including phenoxy) is 1. The molecule has 0 amide bonds. The van der Waals surface area contributed by atoms with E-state index in [2.05, 4.69) is 0 Å². The SMILES string of the molecule is CCCCOc1ccc(CC(=O)O)cc1F. The second kappa shape index (κ2) is 6.10. The number of hydrogen-bond acceptors (Lipinski definition) is 2. The van der Waals surface area contributed by atoms with Gasteiger partial charge in [-0.3, -0.25) is 4.79 Å². The largest absolute Gasteiger partial charge is 0.491 e. The van der Waals surface area contributed by atoms with Crippen molar-refractivity contribution >= 4 is 5.97 Å². The molecule has 0 aliphatic rings. The summed E-state index contributed by atoms with van der Waals surface area (Å²) in [6.07, 6.45) is 1.68. The van der Waals surface area contributed by atoms with Crippen LogP contribution in [0.2, 0.25) is 0 Å². The van der Waals surface area contributed by atoms with Crippen LogP contribution in [0.5, 0.6) is 5.75 Å². The molecule has 0 aliphatic carbocycles. The quantitative estimate of drug-likeness (QED) is 0.758. The number of carboxylic acid groups (broad SMARTS) is 1. The molecule has 0 saturated carbocycles. The van der Waals surface area contributed by atoms with Crippen molar-refractivity contribution in [2.24, 2.45) is 0 Å². The summed E-state index contributed by atoms with van der Waals surface area (Å²) in [5.41, 5.74) is 0.438.